The number of hydrogen-bond donors (Lipinski definition) is 2. The van der Waals surface area contributed by atoms with Crippen LogP contribution in [0.15, 0.2) is 36.4 Å². The first-order valence-corrected chi connectivity index (χ1v) is 10.5. The summed E-state index contributed by atoms with van der Waals surface area (Å²) in [5.74, 6) is -3.98. The van der Waals surface area contributed by atoms with Crippen LogP contribution in [0.4, 0.5) is 8.78 Å². The SMILES string of the molecule is CC(C)(C)C[C@@H]1N[C@@H](C(=O)O)[C@H](c2cc(Cl)ccc2F)[C@@]1(C#N)c1ccc(Cl)cc1F. The fourth-order valence-corrected chi connectivity index (χ4v) is 4.88. The van der Waals surface area contributed by atoms with Crippen molar-refractivity contribution in [3.05, 3.63) is 69.2 Å². The van der Waals surface area contributed by atoms with Crippen LogP contribution in [0.2, 0.25) is 10.0 Å². The molecule has 2 N–H and O–H groups in total. The molecule has 8 heteroatoms. The van der Waals surface area contributed by atoms with Crippen LogP contribution >= 0.6 is 23.2 Å². The molecule has 3 rings (SSSR count). The molecule has 0 aliphatic carbocycles. The Labute approximate surface area is 189 Å². The molecule has 0 unspecified atom stereocenters. The minimum absolute atomic E-state index is 0.0331. The van der Waals surface area contributed by atoms with Crippen molar-refractivity contribution in [1.29, 1.82) is 5.26 Å². The lowest BCUT2D eigenvalue weighted by molar-refractivity contribution is -0.139. The van der Waals surface area contributed by atoms with E-state index in [0.717, 1.165) is 12.1 Å². The van der Waals surface area contributed by atoms with E-state index in [1.807, 2.05) is 20.8 Å². The summed E-state index contributed by atoms with van der Waals surface area (Å²) in [6.07, 6.45) is 0.338. The van der Waals surface area contributed by atoms with Crippen LogP contribution in [0.3, 0.4) is 0 Å². The lowest BCUT2D eigenvalue weighted by Gasteiger charge is -2.37. The van der Waals surface area contributed by atoms with Gasteiger partial charge in [0.25, 0.3) is 0 Å². The van der Waals surface area contributed by atoms with Gasteiger partial charge in [-0.2, -0.15) is 5.26 Å². The molecule has 0 aromatic heterocycles. The molecule has 0 radical (unpaired) electrons. The standard InChI is InChI=1S/C23H22Cl2F2N2O2/c1-22(2,3)10-18-23(11-28,15-6-4-13(25)9-17(15)27)19(20(29-18)21(30)31)14-8-12(24)5-7-16(14)26/h4-9,18-20,29H,10H2,1-3H3,(H,30,31)/t18-,19-,20+,23-/m0/s1. The van der Waals surface area contributed by atoms with Crippen LogP contribution in [0.1, 0.15) is 44.2 Å². The molecule has 0 amide bonds. The van der Waals surface area contributed by atoms with Crippen LogP contribution in [-0.2, 0) is 10.2 Å². The van der Waals surface area contributed by atoms with E-state index in [1.165, 1.54) is 24.3 Å². The largest absolute Gasteiger partial charge is 0.480 e. The van der Waals surface area contributed by atoms with Gasteiger partial charge in [-0.3, -0.25) is 10.1 Å². The zero-order valence-electron chi connectivity index (χ0n) is 17.2. The van der Waals surface area contributed by atoms with Crippen LogP contribution < -0.4 is 5.32 Å². The van der Waals surface area contributed by atoms with E-state index in [2.05, 4.69) is 11.4 Å². The smallest absolute Gasteiger partial charge is 0.321 e. The molecule has 1 heterocycles. The van der Waals surface area contributed by atoms with Crippen molar-refractivity contribution in [1.82, 2.24) is 5.32 Å². The van der Waals surface area contributed by atoms with Crippen molar-refractivity contribution >= 4 is 29.2 Å². The molecule has 0 spiro atoms. The highest BCUT2D eigenvalue weighted by atomic mass is 35.5. The maximum atomic E-state index is 15.2. The van der Waals surface area contributed by atoms with Gasteiger partial charge in [0, 0.05) is 27.6 Å². The normalized spacial score (nSPS) is 25.9. The van der Waals surface area contributed by atoms with Crippen molar-refractivity contribution in [2.75, 3.05) is 0 Å². The number of hydrogen-bond acceptors (Lipinski definition) is 3. The molecule has 2 aromatic carbocycles. The Bertz CT molecular complexity index is 1060. The fraction of sp³-hybridized carbons (Fsp3) is 0.391. The number of nitriles is 1. The van der Waals surface area contributed by atoms with E-state index in [0.29, 0.717) is 6.42 Å². The fourth-order valence-electron chi connectivity index (χ4n) is 4.54. The van der Waals surface area contributed by atoms with Crippen molar-refractivity contribution in [2.45, 2.75) is 50.6 Å². The Morgan fingerprint density at radius 3 is 2.32 bits per heavy atom. The first-order chi connectivity index (χ1) is 14.4. The van der Waals surface area contributed by atoms with Crippen molar-refractivity contribution in [2.24, 2.45) is 5.41 Å². The third kappa shape index (κ3) is 4.27. The molecule has 0 saturated carbocycles. The second-order valence-electron chi connectivity index (χ2n) is 9.05. The highest BCUT2D eigenvalue weighted by Gasteiger charge is 2.61. The topological polar surface area (TPSA) is 73.1 Å². The van der Waals surface area contributed by atoms with E-state index in [-0.39, 0.29) is 26.6 Å². The Kier molecular flexibility index (Phi) is 6.35. The summed E-state index contributed by atoms with van der Waals surface area (Å²) in [4.78, 5) is 12.2. The van der Waals surface area contributed by atoms with Gasteiger partial charge in [-0.15, -0.1) is 0 Å². The Balaban J connectivity index is 2.38. The molecule has 4 atom stereocenters. The Morgan fingerprint density at radius 2 is 1.77 bits per heavy atom. The highest BCUT2D eigenvalue weighted by Crippen LogP contribution is 2.52. The van der Waals surface area contributed by atoms with E-state index in [9.17, 15) is 19.6 Å². The van der Waals surface area contributed by atoms with Gasteiger partial charge >= 0.3 is 5.97 Å². The molecule has 164 valence electrons. The Morgan fingerprint density at radius 1 is 1.16 bits per heavy atom. The van der Waals surface area contributed by atoms with Gasteiger partial charge in [0.2, 0.25) is 0 Å². The number of carboxylic acids is 1. The zero-order valence-corrected chi connectivity index (χ0v) is 18.7. The lowest BCUT2D eigenvalue weighted by Crippen LogP contribution is -2.44. The van der Waals surface area contributed by atoms with Crippen molar-refractivity contribution < 1.29 is 18.7 Å². The second kappa shape index (κ2) is 8.38. The summed E-state index contributed by atoms with van der Waals surface area (Å²) in [7, 11) is 0. The number of nitrogens with one attached hydrogen (secondary N) is 1. The first-order valence-electron chi connectivity index (χ1n) is 9.71. The molecule has 31 heavy (non-hydrogen) atoms. The van der Waals surface area contributed by atoms with Gasteiger partial charge in [0.15, 0.2) is 0 Å². The van der Waals surface area contributed by atoms with E-state index >= 15 is 4.39 Å². The number of carboxylic acid groups (broad SMARTS) is 1. The van der Waals surface area contributed by atoms with Crippen LogP contribution in [0.25, 0.3) is 0 Å². The highest BCUT2D eigenvalue weighted by molar-refractivity contribution is 6.30. The first kappa shape index (κ1) is 23.5. The monoisotopic (exact) mass is 466 g/mol. The van der Waals surface area contributed by atoms with Gasteiger partial charge in [-0.05, 0) is 47.7 Å². The summed E-state index contributed by atoms with van der Waals surface area (Å²) in [6, 6.07) is 7.71. The van der Waals surface area contributed by atoms with Gasteiger partial charge in [-0.25, -0.2) is 8.78 Å². The minimum atomic E-state index is -1.73. The average molecular weight is 467 g/mol. The quantitative estimate of drug-likeness (QED) is 0.607. The molecule has 1 aliphatic rings. The van der Waals surface area contributed by atoms with Crippen molar-refractivity contribution in [3.63, 3.8) is 0 Å². The number of nitrogens with zero attached hydrogens (tertiary/aromatic N) is 1. The van der Waals surface area contributed by atoms with E-state index in [1.54, 1.807) is 0 Å². The van der Waals surface area contributed by atoms with E-state index in [4.69, 9.17) is 23.2 Å². The summed E-state index contributed by atoms with van der Waals surface area (Å²) in [6.45, 7) is 5.79. The lowest BCUT2D eigenvalue weighted by atomic mass is 9.62. The molecule has 2 aromatic rings. The van der Waals surface area contributed by atoms with Crippen LogP contribution in [0.5, 0.6) is 0 Å². The molecule has 0 bridgehead atoms. The average Bonchev–Trinajstić information content (AvgIpc) is 2.97. The summed E-state index contributed by atoms with van der Waals surface area (Å²) < 4.78 is 30.2. The van der Waals surface area contributed by atoms with Gasteiger partial charge < -0.3 is 5.11 Å². The predicted octanol–water partition coefficient (Wildman–Crippen LogP) is 5.68. The van der Waals surface area contributed by atoms with E-state index < -0.39 is 41.0 Å². The van der Waals surface area contributed by atoms with Gasteiger partial charge in [0.1, 0.15) is 23.1 Å². The molecular weight excluding hydrogens is 445 g/mol. The number of aliphatic carboxylic acids is 1. The molecule has 1 saturated heterocycles. The summed E-state index contributed by atoms with van der Waals surface area (Å²) in [5.41, 5.74) is -2.15. The second-order valence-corrected chi connectivity index (χ2v) is 9.92. The van der Waals surface area contributed by atoms with Gasteiger partial charge in [-0.1, -0.05) is 50.0 Å². The number of benzene rings is 2. The minimum Gasteiger partial charge on any atom is -0.480 e. The molecule has 1 aliphatic heterocycles. The molecule has 1 fully saturated rings. The molecule has 4 nitrogen and oxygen atoms in total. The number of rotatable bonds is 4. The summed E-state index contributed by atoms with van der Waals surface area (Å²) in [5, 5.41) is 23.8. The predicted molar refractivity (Wildman–Crippen MR) is 115 cm³/mol. The maximum absolute atomic E-state index is 15.2. The third-order valence-corrected chi connectivity index (χ3v) is 6.16. The maximum Gasteiger partial charge on any atom is 0.321 e. The number of halogens is 4. The zero-order chi connectivity index (χ0) is 23.1. The third-order valence-electron chi connectivity index (χ3n) is 5.69. The Hall–Kier alpha value is -2.20. The van der Waals surface area contributed by atoms with Crippen LogP contribution in [-0.4, -0.2) is 23.2 Å². The number of carbonyl (C=O) groups is 1. The van der Waals surface area contributed by atoms with Crippen LogP contribution in [0, 0.1) is 28.4 Å². The summed E-state index contributed by atoms with van der Waals surface area (Å²) >= 11 is 12.0. The molecular formula is C23H22Cl2F2N2O2. The van der Waals surface area contributed by atoms with Crippen molar-refractivity contribution in [3.8, 4) is 6.07 Å². The van der Waals surface area contributed by atoms with Gasteiger partial charge in [0.05, 0.1) is 6.07 Å².